The average Bonchev–Trinajstić information content (AvgIpc) is 2.25. The van der Waals surface area contributed by atoms with E-state index in [9.17, 15) is 17.6 Å². The highest BCUT2D eigenvalue weighted by molar-refractivity contribution is 5.15. The van der Waals surface area contributed by atoms with E-state index < -0.39 is 12.2 Å². The molecule has 0 aliphatic heterocycles. The predicted octanol–water partition coefficient (Wildman–Crippen LogP) is 3.43. The number of halogens is 4. The van der Waals surface area contributed by atoms with E-state index in [4.69, 9.17) is 5.73 Å². The summed E-state index contributed by atoms with van der Waals surface area (Å²) in [5.41, 5.74) is 5.90. The van der Waals surface area contributed by atoms with E-state index >= 15 is 0 Å². The Morgan fingerprint density at radius 3 is 2.18 bits per heavy atom. The number of hydrogen-bond donors (Lipinski definition) is 1. The molecule has 0 saturated carbocycles. The van der Waals surface area contributed by atoms with Gasteiger partial charge in [0.2, 0.25) is 0 Å². The van der Waals surface area contributed by atoms with Gasteiger partial charge in [0.05, 0.1) is 0 Å². The lowest BCUT2D eigenvalue weighted by Crippen LogP contribution is -2.37. The summed E-state index contributed by atoms with van der Waals surface area (Å²) >= 11 is 0. The molecular weight excluding hydrogens is 234 g/mol. The Bertz CT molecular complexity index is 331. The van der Waals surface area contributed by atoms with E-state index in [1.807, 2.05) is 0 Å². The average molecular weight is 249 g/mol. The summed E-state index contributed by atoms with van der Waals surface area (Å²) in [5, 5.41) is 0. The van der Waals surface area contributed by atoms with Gasteiger partial charge in [-0.1, -0.05) is 18.6 Å². The van der Waals surface area contributed by atoms with Crippen LogP contribution in [0.1, 0.15) is 24.8 Å². The van der Waals surface area contributed by atoms with E-state index in [0.29, 0.717) is 19.3 Å². The van der Waals surface area contributed by atoms with Gasteiger partial charge in [-0.25, -0.2) is 4.39 Å². The Morgan fingerprint density at radius 1 is 1.06 bits per heavy atom. The smallest absolute Gasteiger partial charge is 0.320 e. The van der Waals surface area contributed by atoms with Gasteiger partial charge >= 0.3 is 6.18 Å². The molecule has 0 saturated heterocycles. The van der Waals surface area contributed by atoms with Gasteiger partial charge in [0.15, 0.2) is 0 Å². The Morgan fingerprint density at radius 2 is 1.65 bits per heavy atom. The maximum atomic E-state index is 12.6. The van der Waals surface area contributed by atoms with Crippen molar-refractivity contribution < 1.29 is 17.6 Å². The van der Waals surface area contributed by atoms with Crippen molar-refractivity contribution in [2.45, 2.75) is 37.9 Å². The highest BCUT2D eigenvalue weighted by atomic mass is 19.4. The first-order valence-electron chi connectivity index (χ1n) is 5.46. The van der Waals surface area contributed by atoms with Crippen molar-refractivity contribution in [1.29, 1.82) is 0 Å². The molecule has 1 atom stereocenters. The van der Waals surface area contributed by atoms with Crippen LogP contribution in [0.15, 0.2) is 24.3 Å². The van der Waals surface area contributed by atoms with Crippen molar-refractivity contribution in [3.8, 4) is 0 Å². The number of alkyl halides is 3. The number of hydrogen-bond acceptors (Lipinski definition) is 1. The number of benzene rings is 1. The number of unbranched alkanes of at least 4 members (excludes halogenated alkanes) is 1. The van der Waals surface area contributed by atoms with Gasteiger partial charge in [-0.3, -0.25) is 0 Å². The van der Waals surface area contributed by atoms with Crippen LogP contribution in [-0.4, -0.2) is 12.2 Å². The summed E-state index contributed by atoms with van der Waals surface area (Å²) in [4.78, 5) is 0. The third-order valence-electron chi connectivity index (χ3n) is 2.56. The van der Waals surface area contributed by atoms with E-state index in [2.05, 4.69) is 0 Å². The highest BCUT2D eigenvalue weighted by Crippen LogP contribution is 2.22. The van der Waals surface area contributed by atoms with Crippen LogP contribution < -0.4 is 5.73 Å². The molecule has 5 heteroatoms. The monoisotopic (exact) mass is 249 g/mol. The molecule has 1 aromatic rings. The molecule has 2 N–H and O–H groups in total. The fraction of sp³-hybridized carbons (Fsp3) is 0.500. The molecule has 1 rings (SSSR count). The summed E-state index contributed by atoms with van der Waals surface area (Å²) < 4.78 is 48.8. The molecule has 0 aliphatic carbocycles. The topological polar surface area (TPSA) is 26.0 Å². The van der Waals surface area contributed by atoms with E-state index in [-0.39, 0.29) is 12.2 Å². The Balaban J connectivity index is 2.23. The zero-order valence-electron chi connectivity index (χ0n) is 9.30. The second-order valence-corrected chi connectivity index (χ2v) is 4.02. The third kappa shape index (κ3) is 5.17. The first-order chi connectivity index (χ1) is 7.89. The molecule has 0 aliphatic rings. The van der Waals surface area contributed by atoms with Gasteiger partial charge in [-0.15, -0.1) is 0 Å². The van der Waals surface area contributed by atoms with Crippen LogP contribution in [0.4, 0.5) is 17.6 Å². The fourth-order valence-corrected chi connectivity index (χ4v) is 1.51. The van der Waals surface area contributed by atoms with Gasteiger partial charge in [0, 0.05) is 0 Å². The standard InChI is InChI=1S/C12H15F4N/c13-10-7-5-9(6-8-10)3-1-2-4-11(17)12(14,15)16/h5-8,11H,1-4,17H2/t11-/m0/s1. The van der Waals surface area contributed by atoms with Crippen molar-refractivity contribution in [1.82, 2.24) is 0 Å². The third-order valence-corrected chi connectivity index (χ3v) is 2.56. The summed E-state index contributed by atoms with van der Waals surface area (Å²) in [6, 6.07) is 4.22. The highest BCUT2D eigenvalue weighted by Gasteiger charge is 2.35. The maximum absolute atomic E-state index is 12.6. The summed E-state index contributed by atoms with van der Waals surface area (Å²) in [6.45, 7) is 0. The zero-order chi connectivity index (χ0) is 12.9. The maximum Gasteiger partial charge on any atom is 0.403 e. The minimum absolute atomic E-state index is 0.0648. The molecule has 0 spiro atoms. The SMILES string of the molecule is N[C@@H](CCCCc1ccc(F)cc1)C(F)(F)F. The van der Waals surface area contributed by atoms with Gasteiger partial charge in [-0.2, -0.15) is 13.2 Å². The lowest BCUT2D eigenvalue weighted by Gasteiger charge is -2.14. The molecular formula is C12H15F4N. The molecule has 96 valence electrons. The fourth-order valence-electron chi connectivity index (χ4n) is 1.51. The van der Waals surface area contributed by atoms with Gasteiger partial charge in [-0.05, 0) is 37.0 Å². The van der Waals surface area contributed by atoms with Crippen LogP contribution in [0.5, 0.6) is 0 Å². The molecule has 0 fully saturated rings. The zero-order valence-corrected chi connectivity index (χ0v) is 9.30. The van der Waals surface area contributed by atoms with Crippen LogP contribution in [0.2, 0.25) is 0 Å². The largest absolute Gasteiger partial charge is 0.403 e. The van der Waals surface area contributed by atoms with Gasteiger partial charge in [0.1, 0.15) is 11.9 Å². The predicted molar refractivity (Wildman–Crippen MR) is 58.0 cm³/mol. The summed E-state index contributed by atoms with van der Waals surface area (Å²) in [5.74, 6) is -0.312. The first kappa shape index (κ1) is 14.0. The van der Waals surface area contributed by atoms with Gasteiger partial charge < -0.3 is 5.73 Å². The van der Waals surface area contributed by atoms with Crippen molar-refractivity contribution in [3.05, 3.63) is 35.6 Å². The van der Waals surface area contributed by atoms with Crippen molar-refractivity contribution in [2.75, 3.05) is 0 Å². The lowest BCUT2D eigenvalue weighted by atomic mass is 10.0. The molecule has 0 unspecified atom stereocenters. The lowest BCUT2D eigenvalue weighted by molar-refractivity contribution is -0.149. The normalized spacial score (nSPS) is 13.7. The first-order valence-corrected chi connectivity index (χ1v) is 5.46. The minimum atomic E-state index is -4.31. The molecule has 0 radical (unpaired) electrons. The van der Waals surface area contributed by atoms with E-state index in [1.54, 1.807) is 12.1 Å². The van der Waals surface area contributed by atoms with Gasteiger partial charge in [0.25, 0.3) is 0 Å². The number of aryl methyl sites for hydroxylation is 1. The summed E-state index contributed by atoms with van der Waals surface area (Å²) in [7, 11) is 0. The quantitative estimate of drug-likeness (QED) is 0.628. The van der Waals surface area contributed by atoms with Crippen LogP contribution in [0.25, 0.3) is 0 Å². The molecule has 0 aromatic heterocycles. The Kier molecular flexibility index (Phi) is 4.93. The second-order valence-electron chi connectivity index (χ2n) is 4.02. The molecule has 0 heterocycles. The molecule has 0 amide bonds. The molecule has 0 bridgehead atoms. The molecule has 1 nitrogen and oxygen atoms in total. The van der Waals surface area contributed by atoms with Crippen LogP contribution in [-0.2, 0) is 6.42 Å². The molecule has 17 heavy (non-hydrogen) atoms. The number of nitrogens with two attached hydrogens (primary N) is 1. The van der Waals surface area contributed by atoms with E-state index in [0.717, 1.165) is 5.56 Å². The van der Waals surface area contributed by atoms with Crippen molar-refractivity contribution >= 4 is 0 Å². The molecule has 1 aromatic carbocycles. The number of rotatable bonds is 5. The van der Waals surface area contributed by atoms with Crippen LogP contribution >= 0.6 is 0 Å². The Labute approximate surface area is 97.6 Å². The summed E-state index contributed by atoms with van der Waals surface area (Å²) in [6.07, 6.45) is -2.70. The van der Waals surface area contributed by atoms with Crippen molar-refractivity contribution in [3.63, 3.8) is 0 Å². The van der Waals surface area contributed by atoms with E-state index in [1.165, 1.54) is 12.1 Å². The van der Waals surface area contributed by atoms with Crippen LogP contribution in [0.3, 0.4) is 0 Å². The minimum Gasteiger partial charge on any atom is -0.320 e. The Hall–Kier alpha value is -1.10. The van der Waals surface area contributed by atoms with Crippen LogP contribution in [0, 0.1) is 5.82 Å². The van der Waals surface area contributed by atoms with Crippen molar-refractivity contribution in [2.24, 2.45) is 5.73 Å². The second kappa shape index (κ2) is 6.00.